The van der Waals surface area contributed by atoms with Crippen LogP contribution in [0.2, 0.25) is 0 Å². The standard InChI is InChI=1S/C17H15F3O2/c1-11-6-7-12(2)14(8-11)10-22-15-5-3-4-13(9-15)16(21)17(18,19)20/h3-9H,10H2,1-2H3. The summed E-state index contributed by atoms with van der Waals surface area (Å²) in [6.45, 7) is 4.12. The van der Waals surface area contributed by atoms with E-state index in [9.17, 15) is 18.0 Å². The summed E-state index contributed by atoms with van der Waals surface area (Å²) >= 11 is 0. The van der Waals surface area contributed by atoms with Crippen LogP contribution in [0.25, 0.3) is 0 Å². The Balaban J connectivity index is 2.14. The number of hydrogen-bond donors (Lipinski definition) is 0. The third-order valence-corrected chi connectivity index (χ3v) is 3.25. The summed E-state index contributed by atoms with van der Waals surface area (Å²) in [6.07, 6.45) is -4.88. The molecule has 0 unspecified atom stereocenters. The van der Waals surface area contributed by atoms with Crippen LogP contribution in [0, 0.1) is 13.8 Å². The van der Waals surface area contributed by atoms with Crippen molar-refractivity contribution >= 4 is 5.78 Å². The molecule has 116 valence electrons. The average Bonchev–Trinajstić information content (AvgIpc) is 2.47. The highest BCUT2D eigenvalue weighted by Crippen LogP contribution is 2.24. The molecule has 2 aromatic rings. The fourth-order valence-electron chi connectivity index (χ4n) is 2.01. The zero-order chi connectivity index (χ0) is 16.3. The summed E-state index contributed by atoms with van der Waals surface area (Å²) in [6, 6.07) is 11.0. The lowest BCUT2D eigenvalue weighted by Crippen LogP contribution is -2.22. The Kier molecular flexibility index (Phi) is 4.54. The summed E-state index contributed by atoms with van der Waals surface area (Å²) < 4.78 is 42.8. The molecule has 0 amide bonds. The smallest absolute Gasteiger partial charge is 0.454 e. The van der Waals surface area contributed by atoms with Gasteiger partial charge in [-0.25, -0.2) is 0 Å². The third-order valence-electron chi connectivity index (χ3n) is 3.25. The number of rotatable bonds is 4. The largest absolute Gasteiger partial charge is 0.489 e. The minimum absolute atomic E-state index is 0.232. The van der Waals surface area contributed by atoms with Gasteiger partial charge in [-0.3, -0.25) is 4.79 Å². The molecule has 0 aliphatic heterocycles. The molecule has 5 heteroatoms. The lowest BCUT2D eigenvalue weighted by Gasteiger charge is -2.11. The van der Waals surface area contributed by atoms with Gasteiger partial charge in [0.05, 0.1) is 0 Å². The van der Waals surface area contributed by atoms with Crippen LogP contribution in [0.1, 0.15) is 27.0 Å². The van der Waals surface area contributed by atoms with E-state index < -0.39 is 17.5 Å². The topological polar surface area (TPSA) is 26.3 Å². The molecule has 0 saturated carbocycles. The third kappa shape index (κ3) is 3.87. The molecule has 2 rings (SSSR count). The molecular weight excluding hydrogens is 293 g/mol. The molecule has 2 nitrogen and oxygen atoms in total. The van der Waals surface area contributed by atoms with Crippen molar-refractivity contribution in [1.82, 2.24) is 0 Å². The first-order valence-electron chi connectivity index (χ1n) is 6.68. The highest BCUT2D eigenvalue weighted by atomic mass is 19.4. The first-order valence-corrected chi connectivity index (χ1v) is 6.68. The van der Waals surface area contributed by atoms with Crippen LogP contribution < -0.4 is 4.74 Å². The Morgan fingerprint density at radius 3 is 2.50 bits per heavy atom. The van der Waals surface area contributed by atoms with Gasteiger partial charge in [-0.1, -0.05) is 35.9 Å². The second kappa shape index (κ2) is 6.22. The molecule has 0 radical (unpaired) electrons. The van der Waals surface area contributed by atoms with Crippen molar-refractivity contribution in [2.45, 2.75) is 26.6 Å². The van der Waals surface area contributed by atoms with E-state index in [4.69, 9.17) is 4.74 Å². The molecule has 0 aromatic heterocycles. The lowest BCUT2D eigenvalue weighted by molar-refractivity contribution is -0.0885. The van der Waals surface area contributed by atoms with Gasteiger partial charge in [0, 0.05) is 5.56 Å². The number of ether oxygens (including phenoxy) is 1. The van der Waals surface area contributed by atoms with Gasteiger partial charge in [0.25, 0.3) is 5.78 Å². The van der Waals surface area contributed by atoms with Crippen molar-refractivity contribution in [2.75, 3.05) is 0 Å². The van der Waals surface area contributed by atoms with Gasteiger partial charge in [0.2, 0.25) is 0 Å². The van der Waals surface area contributed by atoms with Gasteiger partial charge >= 0.3 is 6.18 Å². The van der Waals surface area contributed by atoms with E-state index in [1.165, 1.54) is 12.1 Å². The lowest BCUT2D eigenvalue weighted by atomic mass is 10.1. The van der Waals surface area contributed by atoms with Gasteiger partial charge in [0.1, 0.15) is 12.4 Å². The first-order chi connectivity index (χ1) is 10.3. The summed E-state index contributed by atoms with van der Waals surface area (Å²) in [4.78, 5) is 11.2. The highest BCUT2D eigenvalue weighted by molar-refractivity contribution is 6.00. The number of benzene rings is 2. The fraction of sp³-hybridized carbons (Fsp3) is 0.235. The van der Waals surface area contributed by atoms with E-state index in [2.05, 4.69) is 0 Å². The monoisotopic (exact) mass is 308 g/mol. The van der Waals surface area contributed by atoms with Gasteiger partial charge in [-0.15, -0.1) is 0 Å². The van der Waals surface area contributed by atoms with E-state index in [1.807, 2.05) is 32.0 Å². The Bertz CT molecular complexity index is 691. The Hall–Kier alpha value is -2.30. The highest BCUT2D eigenvalue weighted by Gasteiger charge is 2.39. The molecule has 0 saturated heterocycles. The molecule has 0 fully saturated rings. The maximum Gasteiger partial charge on any atom is 0.454 e. The maximum absolute atomic E-state index is 12.4. The molecule has 0 bridgehead atoms. The van der Waals surface area contributed by atoms with Gasteiger partial charge in [-0.2, -0.15) is 13.2 Å². The number of alkyl halides is 3. The number of hydrogen-bond acceptors (Lipinski definition) is 2. The predicted molar refractivity (Wildman–Crippen MR) is 77.1 cm³/mol. The number of ketones is 1. The van der Waals surface area contributed by atoms with Gasteiger partial charge in [-0.05, 0) is 37.1 Å². The minimum Gasteiger partial charge on any atom is -0.489 e. The second-order valence-corrected chi connectivity index (χ2v) is 5.07. The average molecular weight is 308 g/mol. The number of carbonyl (C=O) groups excluding carboxylic acids is 1. The molecule has 0 atom stereocenters. The van der Waals surface area contributed by atoms with Crippen molar-refractivity contribution in [3.05, 3.63) is 64.7 Å². The van der Waals surface area contributed by atoms with Crippen LogP contribution in [0.3, 0.4) is 0 Å². The summed E-state index contributed by atoms with van der Waals surface area (Å²) in [5.74, 6) is -1.64. The molecule has 0 aliphatic carbocycles. The van der Waals surface area contributed by atoms with Crippen molar-refractivity contribution in [1.29, 1.82) is 0 Å². The van der Waals surface area contributed by atoms with E-state index in [0.717, 1.165) is 28.8 Å². The maximum atomic E-state index is 12.4. The van der Waals surface area contributed by atoms with Crippen molar-refractivity contribution in [3.8, 4) is 5.75 Å². The second-order valence-electron chi connectivity index (χ2n) is 5.07. The minimum atomic E-state index is -4.88. The number of halogens is 3. The zero-order valence-electron chi connectivity index (χ0n) is 12.2. The van der Waals surface area contributed by atoms with Crippen LogP contribution in [-0.4, -0.2) is 12.0 Å². The van der Waals surface area contributed by atoms with Crippen LogP contribution in [-0.2, 0) is 6.61 Å². The molecule has 0 spiro atoms. The summed E-state index contributed by atoms with van der Waals surface area (Å²) in [5.41, 5.74) is 2.64. The molecular formula is C17H15F3O2. The quantitative estimate of drug-likeness (QED) is 0.770. The van der Waals surface area contributed by atoms with Crippen molar-refractivity contribution < 1.29 is 22.7 Å². The van der Waals surface area contributed by atoms with E-state index >= 15 is 0 Å². The summed E-state index contributed by atoms with van der Waals surface area (Å²) in [7, 11) is 0. The van der Waals surface area contributed by atoms with Crippen LogP contribution in [0.15, 0.2) is 42.5 Å². The molecule has 2 aromatic carbocycles. The van der Waals surface area contributed by atoms with Crippen LogP contribution in [0.5, 0.6) is 5.75 Å². The number of Topliss-reactive ketones (excluding diaryl/α,β-unsaturated/α-hetero) is 1. The Morgan fingerprint density at radius 2 is 1.82 bits per heavy atom. The Morgan fingerprint density at radius 1 is 1.09 bits per heavy atom. The molecule has 22 heavy (non-hydrogen) atoms. The summed E-state index contributed by atoms with van der Waals surface area (Å²) in [5, 5.41) is 0. The van der Waals surface area contributed by atoms with Crippen LogP contribution >= 0.6 is 0 Å². The fourth-order valence-corrected chi connectivity index (χ4v) is 2.01. The van der Waals surface area contributed by atoms with Crippen LogP contribution in [0.4, 0.5) is 13.2 Å². The zero-order valence-corrected chi connectivity index (χ0v) is 12.2. The number of carbonyl (C=O) groups is 1. The van der Waals surface area contributed by atoms with Crippen molar-refractivity contribution in [2.24, 2.45) is 0 Å². The van der Waals surface area contributed by atoms with E-state index in [-0.39, 0.29) is 12.4 Å². The first kappa shape index (κ1) is 16.1. The van der Waals surface area contributed by atoms with E-state index in [0.29, 0.717) is 0 Å². The van der Waals surface area contributed by atoms with Gasteiger partial charge < -0.3 is 4.74 Å². The SMILES string of the molecule is Cc1ccc(C)c(COc2cccc(C(=O)C(F)(F)F)c2)c1. The molecule has 0 heterocycles. The van der Waals surface area contributed by atoms with E-state index in [1.54, 1.807) is 0 Å². The normalized spacial score (nSPS) is 11.3. The predicted octanol–water partition coefficient (Wildman–Crippen LogP) is 4.63. The van der Waals surface area contributed by atoms with Gasteiger partial charge in [0.15, 0.2) is 0 Å². The molecule has 0 N–H and O–H groups in total. The number of aryl methyl sites for hydroxylation is 2. The Labute approximate surface area is 126 Å². The molecule has 0 aliphatic rings. The van der Waals surface area contributed by atoms with Crippen molar-refractivity contribution in [3.63, 3.8) is 0 Å².